The second-order valence-electron chi connectivity index (χ2n) is 4.00. The van der Waals surface area contributed by atoms with Crippen LogP contribution in [0.1, 0.15) is 5.69 Å². The number of aromatic nitrogens is 4. The van der Waals surface area contributed by atoms with Crippen molar-refractivity contribution in [2.75, 3.05) is 14.2 Å². The third kappa shape index (κ3) is 1.91. The highest BCUT2D eigenvalue weighted by molar-refractivity contribution is 7.09. The molecule has 19 heavy (non-hydrogen) atoms. The fourth-order valence-corrected chi connectivity index (χ4v) is 2.49. The molecule has 0 amide bonds. The highest BCUT2D eigenvalue weighted by atomic mass is 32.1. The lowest BCUT2D eigenvalue weighted by Gasteiger charge is -2.06. The molecule has 2 heterocycles. The van der Waals surface area contributed by atoms with Gasteiger partial charge < -0.3 is 14.5 Å². The first-order valence-electron chi connectivity index (χ1n) is 5.64. The number of nitrogens with zero attached hydrogens (tertiary/aromatic N) is 3. The summed E-state index contributed by atoms with van der Waals surface area (Å²) >= 11 is 1.32. The van der Waals surface area contributed by atoms with Gasteiger partial charge in [-0.2, -0.15) is 0 Å². The van der Waals surface area contributed by atoms with Crippen LogP contribution in [0, 0.1) is 6.92 Å². The molecule has 0 aliphatic heterocycles. The Morgan fingerprint density at radius 3 is 2.53 bits per heavy atom. The van der Waals surface area contributed by atoms with Crippen molar-refractivity contribution >= 4 is 22.6 Å². The first-order valence-corrected chi connectivity index (χ1v) is 6.41. The van der Waals surface area contributed by atoms with Gasteiger partial charge in [0.15, 0.2) is 17.3 Å². The Morgan fingerprint density at radius 2 is 1.89 bits per heavy atom. The van der Waals surface area contributed by atoms with Gasteiger partial charge in [-0.25, -0.2) is 4.98 Å². The number of imidazole rings is 1. The summed E-state index contributed by atoms with van der Waals surface area (Å²) in [4.78, 5) is 8.73. The third-order valence-corrected chi connectivity index (χ3v) is 3.69. The SMILES string of the molecule is COc1cc2nc(-c3snnc3C)[nH]c2cc1OC. The van der Waals surface area contributed by atoms with Crippen LogP contribution >= 0.6 is 11.5 Å². The Hall–Kier alpha value is -2.15. The van der Waals surface area contributed by atoms with Gasteiger partial charge in [0, 0.05) is 12.1 Å². The lowest BCUT2D eigenvalue weighted by Crippen LogP contribution is -1.89. The number of aryl methyl sites for hydroxylation is 1. The Morgan fingerprint density at radius 1 is 1.16 bits per heavy atom. The van der Waals surface area contributed by atoms with E-state index in [1.165, 1.54) is 11.5 Å². The molecule has 0 radical (unpaired) electrons. The van der Waals surface area contributed by atoms with E-state index in [4.69, 9.17) is 9.47 Å². The van der Waals surface area contributed by atoms with E-state index >= 15 is 0 Å². The highest BCUT2D eigenvalue weighted by Gasteiger charge is 2.14. The van der Waals surface area contributed by atoms with E-state index in [9.17, 15) is 0 Å². The standard InChI is InChI=1S/C12H12N4O2S/c1-6-11(19-16-15-6)12-13-7-4-9(17-2)10(18-3)5-8(7)14-12/h4-5H,1-3H3,(H,13,14). The van der Waals surface area contributed by atoms with Gasteiger partial charge in [0.05, 0.1) is 30.9 Å². The molecule has 0 aliphatic carbocycles. The van der Waals surface area contributed by atoms with Gasteiger partial charge >= 0.3 is 0 Å². The van der Waals surface area contributed by atoms with Crippen molar-refractivity contribution < 1.29 is 9.47 Å². The number of aromatic amines is 1. The molecule has 0 fully saturated rings. The largest absolute Gasteiger partial charge is 0.493 e. The van der Waals surface area contributed by atoms with Crippen LogP contribution in [-0.2, 0) is 0 Å². The molecule has 6 nitrogen and oxygen atoms in total. The molecule has 0 spiro atoms. The quantitative estimate of drug-likeness (QED) is 0.795. The number of methoxy groups -OCH3 is 2. The van der Waals surface area contributed by atoms with Crippen molar-refractivity contribution in [3.05, 3.63) is 17.8 Å². The number of ether oxygens (including phenoxy) is 2. The number of benzene rings is 1. The van der Waals surface area contributed by atoms with E-state index in [1.54, 1.807) is 14.2 Å². The predicted molar refractivity (Wildman–Crippen MR) is 72.8 cm³/mol. The van der Waals surface area contributed by atoms with Gasteiger partial charge in [-0.15, -0.1) is 5.10 Å². The van der Waals surface area contributed by atoms with Crippen LogP contribution < -0.4 is 9.47 Å². The van der Waals surface area contributed by atoms with Crippen LogP contribution in [0.25, 0.3) is 21.7 Å². The summed E-state index contributed by atoms with van der Waals surface area (Å²) in [7, 11) is 3.22. The fraction of sp³-hybridized carbons (Fsp3) is 0.250. The van der Waals surface area contributed by atoms with Gasteiger partial charge in [0.2, 0.25) is 0 Å². The van der Waals surface area contributed by atoms with Gasteiger partial charge in [-0.1, -0.05) is 4.49 Å². The summed E-state index contributed by atoms with van der Waals surface area (Å²) in [5.74, 6) is 2.09. The van der Waals surface area contributed by atoms with Crippen molar-refractivity contribution in [2.45, 2.75) is 6.92 Å². The Balaban J connectivity index is 2.18. The van der Waals surface area contributed by atoms with Crippen molar-refractivity contribution in [3.8, 4) is 22.2 Å². The third-order valence-electron chi connectivity index (χ3n) is 2.85. The number of H-pyrrole nitrogens is 1. The molecule has 3 aromatic rings. The van der Waals surface area contributed by atoms with Gasteiger partial charge in [-0.3, -0.25) is 0 Å². The fourth-order valence-electron chi connectivity index (χ4n) is 1.89. The van der Waals surface area contributed by atoms with Crippen molar-refractivity contribution in [1.29, 1.82) is 0 Å². The Bertz CT molecular complexity index is 693. The summed E-state index contributed by atoms with van der Waals surface area (Å²) in [6, 6.07) is 3.71. The molecule has 3 rings (SSSR count). The molecule has 0 bridgehead atoms. The number of fused-ring (bicyclic) bond motifs is 1. The number of hydrogen-bond acceptors (Lipinski definition) is 6. The first-order chi connectivity index (χ1) is 9.22. The van der Waals surface area contributed by atoms with Crippen LogP contribution in [0.2, 0.25) is 0 Å². The number of hydrogen-bond donors (Lipinski definition) is 1. The topological polar surface area (TPSA) is 72.9 Å². The molecule has 98 valence electrons. The number of rotatable bonds is 3. The van der Waals surface area contributed by atoms with Gasteiger partial charge in [0.1, 0.15) is 4.88 Å². The van der Waals surface area contributed by atoms with Crippen LogP contribution in [-0.4, -0.2) is 33.8 Å². The van der Waals surface area contributed by atoms with E-state index in [0.29, 0.717) is 11.5 Å². The average Bonchev–Trinajstić information content (AvgIpc) is 3.01. The summed E-state index contributed by atoms with van der Waals surface area (Å²) in [5, 5.41) is 3.99. The predicted octanol–water partition coefficient (Wildman–Crippen LogP) is 2.41. The maximum absolute atomic E-state index is 5.27. The molecule has 2 aromatic heterocycles. The van der Waals surface area contributed by atoms with Crippen molar-refractivity contribution in [1.82, 2.24) is 19.6 Å². The zero-order valence-electron chi connectivity index (χ0n) is 10.7. The molecule has 0 saturated carbocycles. The summed E-state index contributed by atoms with van der Waals surface area (Å²) < 4.78 is 14.5. The zero-order valence-corrected chi connectivity index (χ0v) is 11.5. The summed E-state index contributed by atoms with van der Waals surface area (Å²) in [6.45, 7) is 1.91. The minimum Gasteiger partial charge on any atom is -0.493 e. The van der Waals surface area contributed by atoms with Crippen LogP contribution in [0.15, 0.2) is 12.1 Å². The second kappa shape index (κ2) is 4.51. The van der Waals surface area contributed by atoms with E-state index in [-0.39, 0.29) is 0 Å². The maximum Gasteiger partial charge on any atom is 0.163 e. The van der Waals surface area contributed by atoms with Crippen LogP contribution in [0.4, 0.5) is 0 Å². The van der Waals surface area contributed by atoms with Gasteiger partial charge in [0.25, 0.3) is 0 Å². The van der Waals surface area contributed by atoms with E-state index in [1.807, 2.05) is 19.1 Å². The smallest absolute Gasteiger partial charge is 0.163 e. The molecule has 7 heteroatoms. The minimum atomic E-state index is 0.659. The molecular formula is C12H12N4O2S. The Kier molecular flexibility index (Phi) is 2.83. The minimum absolute atomic E-state index is 0.659. The molecule has 0 atom stereocenters. The zero-order chi connectivity index (χ0) is 13.4. The Labute approximate surface area is 113 Å². The first kappa shape index (κ1) is 11.9. The van der Waals surface area contributed by atoms with E-state index in [0.717, 1.165) is 27.4 Å². The normalized spacial score (nSPS) is 10.9. The lowest BCUT2D eigenvalue weighted by atomic mass is 10.3. The van der Waals surface area contributed by atoms with Crippen LogP contribution in [0.5, 0.6) is 11.5 Å². The molecule has 0 saturated heterocycles. The summed E-state index contributed by atoms with van der Waals surface area (Å²) in [5.41, 5.74) is 2.57. The number of nitrogens with one attached hydrogen (secondary N) is 1. The van der Waals surface area contributed by atoms with Crippen molar-refractivity contribution in [2.24, 2.45) is 0 Å². The second-order valence-corrected chi connectivity index (χ2v) is 4.75. The van der Waals surface area contributed by atoms with E-state index < -0.39 is 0 Å². The highest BCUT2D eigenvalue weighted by Crippen LogP contribution is 2.33. The molecule has 1 aromatic carbocycles. The maximum atomic E-state index is 5.27. The molecule has 0 unspecified atom stereocenters. The molecule has 0 aliphatic rings. The average molecular weight is 276 g/mol. The summed E-state index contributed by atoms with van der Waals surface area (Å²) in [6.07, 6.45) is 0. The monoisotopic (exact) mass is 276 g/mol. The van der Waals surface area contributed by atoms with Gasteiger partial charge in [-0.05, 0) is 18.5 Å². The van der Waals surface area contributed by atoms with Crippen LogP contribution in [0.3, 0.4) is 0 Å². The lowest BCUT2D eigenvalue weighted by molar-refractivity contribution is 0.356. The van der Waals surface area contributed by atoms with Crippen molar-refractivity contribution in [3.63, 3.8) is 0 Å². The molecule has 1 N–H and O–H groups in total. The van der Waals surface area contributed by atoms with E-state index in [2.05, 4.69) is 19.6 Å². The molecular weight excluding hydrogens is 264 g/mol.